The van der Waals surface area contributed by atoms with Gasteiger partial charge in [0, 0.05) is 17.8 Å². The molecule has 0 bridgehead atoms. The lowest BCUT2D eigenvalue weighted by Crippen LogP contribution is -2.09. The van der Waals surface area contributed by atoms with E-state index in [2.05, 4.69) is 0 Å². The molecule has 6 nitrogen and oxygen atoms in total. The van der Waals surface area contributed by atoms with Gasteiger partial charge in [-0.25, -0.2) is 4.79 Å². The minimum Gasteiger partial charge on any atom is -0.457 e. The molecule has 0 amide bonds. The number of nitrogen functional groups attached to an aromatic ring is 1. The summed E-state index contributed by atoms with van der Waals surface area (Å²) in [5, 5.41) is 10.7. The van der Waals surface area contributed by atoms with E-state index in [1.165, 1.54) is 12.1 Å². The first-order valence-electron chi connectivity index (χ1n) is 6.24. The van der Waals surface area contributed by atoms with Crippen LogP contribution in [0.4, 0.5) is 11.4 Å². The van der Waals surface area contributed by atoms with Crippen LogP contribution in [0.5, 0.6) is 0 Å². The average molecular weight is 286 g/mol. The number of esters is 1. The lowest BCUT2D eigenvalue weighted by Gasteiger charge is -2.08. The molecular weight excluding hydrogens is 272 g/mol. The molecule has 0 aliphatic carbocycles. The van der Waals surface area contributed by atoms with E-state index in [-0.39, 0.29) is 23.5 Å². The summed E-state index contributed by atoms with van der Waals surface area (Å²) in [5.74, 6) is -0.681. The van der Waals surface area contributed by atoms with Crippen LogP contribution in [0.2, 0.25) is 0 Å². The SMILES string of the molecule is Cc1ccccc1COC(=O)c1cc([N+](=O)[O-])ccc1N. The summed E-state index contributed by atoms with van der Waals surface area (Å²) in [6, 6.07) is 11.2. The van der Waals surface area contributed by atoms with Crippen molar-refractivity contribution in [3.8, 4) is 0 Å². The van der Waals surface area contributed by atoms with Gasteiger partial charge in [-0.3, -0.25) is 10.1 Å². The van der Waals surface area contributed by atoms with Gasteiger partial charge in [-0.1, -0.05) is 24.3 Å². The maximum Gasteiger partial charge on any atom is 0.340 e. The number of anilines is 1. The number of carbonyl (C=O) groups is 1. The van der Waals surface area contributed by atoms with Gasteiger partial charge in [-0.05, 0) is 24.1 Å². The third-order valence-corrected chi connectivity index (χ3v) is 3.09. The molecule has 6 heteroatoms. The highest BCUT2D eigenvalue weighted by Gasteiger charge is 2.16. The number of aryl methyl sites for hydroxylation is 1. The van der Waals surface area contributed by atoms with Crippen molar-refractivity contribution in [2.75, 3.05) is 5.73 Å². The average Bonchev–Trinajstić information content (AvgIpc) is 2.46. The number of non-ortho nitro benzene ring substituents is 1. The van der Waals surface area contributed by atoms with E-state index < -0.39 is 10.9 Å². The molecule has 0 atom stereocenters. The van der Waals surface area contributed by atoms with Crippen molar-refractivity contribution in [3.63, 3.8) is 0 Å². The Morgan fingerprint density at radius 2 is 2.00 bits per heavy atom. The van der Waals surface area contributed by atoms with E-state index in [0.29, 0.717) is 0 Å². The summed E-state index contributed by atoms with van der Waals surface area (Å²) in [4.78, 5) is 22.1. The molecule has 0 saturated heterocycles. The molecule has 0 unspecified atom stereocenters. The number of rotatable bonds is 4. The van der Waals surface area contributed by atoms with E-state index in [9.17, 15) is 14.9 Å². The van der Waals surface area contributed by atoms with Crippen LogP contribution in [0.1, 0.15) is 21.5 Å². The minimum absolute atomic E-state index is 0.00205. The van der Waals surface area contributed by atoms with Crippen LogP contribution in [0.15, 0.2) is 42.5 Å². The zero-order valence-corrected chi connectivity index (χ0v) is 11.4. The first kappa shape index (κ1) is 14.5. The van der Waals surface area contributed by atoms with Gasteiger partial charge in [0.2, 0.25) is 0 Å². The van der Waals surface area contributed by atoms with E-state index in [1.54, 1.807) is 0 Å². The standard InChI is InChI=1S/C15H14N2O4/c1-10-4-2-3-5-11(10)9-21-15(18)13-8-12(17(19)20)6-7-14(13)16/h2-8H,9,16H2,1H3. The van der Waals surface area contributed by atoms with Gasteiger partial charge >= 0.3 is 5.97 Å². The summed E-state index contributed by atoms with van der Waals surface area (Å²) < 4.78 is 5.17. The molecule has 108 valence electrons. The molecule has 0 radical (unpaired) electrons. The minimum atomic E-state index is -0.681. The lowest BCUT2D eigenvalue weighted by molar-refractivity contribution is -0.384. The highest BCUT2D eigenvalue weighted by Crippen LogP contribution is 2.21. The summed E-state index contributed by atoms with van der Waals surface area (Å²) >= 11 is 0. The van der Waals surface area contributed by atoms with E-state index in [0.717, 1.165) is 17.2 Å². The van der Waals surface area contributed by atoms with Crippen LogP contribution in [0, 0.1) is 17.0 Å². The van der Waals surface area contributed by atoms with E-state index in [1.807, 2.05) is 31.2 Å². The first-order valence-corrected chi connectivity index (χ1v) is 6.24. The molecule has 0 spiro atoms. The van der Waals surface area contributed by atoms with Gasteiger partial charge in [0.25, 0.3) is 5.69 Å². The van der Waals surface area contributed by atoms with Crippen LogP contribution in [0.3, 0.4) is 0 Å². The topological polar surface area (TPSA) is 95.5 Å². The predicted molar refractivity (Wildman–Crippen MR) is 77.8 cm³/mol. The predicted octanol–water partition coefficient (Wildman–Crippen LogP) is 2.84. The van der Waals surface area contributed by atoms with E-state index in [4.69, 9.17) is 10.5 Å². The number of nitrogens with two attached hydrogens (primary N) is 1. The highest BCUT2D eigenvalue weighted by atomic mass is 16.6. The molecule has 21 heavy (non-hydrogen) atoms. The fraction of sp³-hybridized carbons (Fsp3) is 0.133. The van der Waals surface area contributed by atoms with Crippen LogP contribution in [0.25, 0.3) is 0 Å². The second kappa shape index (κ2) is 6.04. The monoisotopic (exact) mass is 286 g/mol. The summed E-state index contributed by atoms with van der Waals surface area (Å²) in [6.45, 7) is 2.00. The third-order valence-electron chi connectivity index (χ3n) is 3.09. The maximum absolute atomic E-state index is 12.0. The van der Waals surface area contributed by atoms with Crippen molar-refractivity contribution < 1.29 is 14.5 Å². The van der Waals surface area contributed by atoms with Gasteiger partial charge < -0.3 is 10.5 Å². The zero-order chi connectivity index (χ0) is 15.4. The van der Waals surface area contributed by atoms with Crippen LogP contribution in [-0.2, 0) is 11.3 Å². The van der Waals surface area contributed by atoms with Gasteiger partial charge in [-0.2, -0.15) is 0 Å². The Labute approximate surface area is 121 Å². The molecule has 0 fully saturated rings. The Kier molecular flexibility index (Phi) is 4.18. The highest BCUT2D eigenvalue weighted by molar-refractivity contribution is 5.95. The number of benzene rings is 2. The summed E-state index contributed by atoms with van der Waals surface area (Å²) in [6.07, 6.45) is 0. The van der Waals surface area contributed by atoms with E-state index >= 15 is 0 Å². The Hall–Kier alpha value is -2.89. The second-order valence-corrected chi connectivity index (χ2v) is 4.53. The van der Waals surface area contributed by atoms with Crippen LogP contribution < -0.4 is 5.73 Å². The molecular formula is C15H14N2O4. The second-order valence-electron chi connectivity index (χ2n) is 4.53. The van der Waals surface area contributed by atoms with Crippen molar-refractivity contribution in [1.29, 1.82) is 0 Å². The maximum atomic E-state index is 12.0. The normalized spacial score (nSPS) is 10.1. The third kappa shape index (κ3) is 3.36. The van der Waals surface area contributed by atoms with Crippen molar-refractivity contribution >= 4 is 17.3 Å². The molecule has 0 aliphatic rings. The van der Waals surface area contributed by atoms with Gasteiger partial charge in [-0.15, -0.1) is 0 Å². The Balaban J connectivity index is 2.15. The number of hydrogen-bond acceptors (Lipinski definition) is 5. The number of ether oxygens (including phenoxy) is 1. The Morgan fingerprint density at radius 3 is 2.67 bits per heavy atom. The first-order chi connectivity index (χ1) is 9.99. The van der Waals surface area contributed by atoms with Gasteiger partial charge in [0.05, 0.1) is 10.5 Å². The number of hydrogen-bond donors (Lipinski definition) is 1. The van der Waals surface area contributed by atoms with Crippen molar-refractivity contribution in [3.05, 3.63) is 69.3 Å². The molecule has 2 rings (SSSR count). The molecule has 2 aromatic carbocycles. The Morgan fingerprint density at radius 1 is 1.29 bits per heavy atom. The molecule has 0 saturated carbocycles. The largest absolute Gasteiger partial charge is 0.457 e. The zero-order valence-electron chi connectivity index (χ0n) is 11.4. The van der Waals surface area contributed by atoms with Crippen LogP contribution in [-0.4, -0.2) is 10.9 Å². The number of nitro groups is 1. The lowest BCUT2D eigenvalue weighted by atomic mass is 10.1. The molecule has 0 aromatic heterocycles. The van der Waals surface area contributed by atoms with Crippen molar-refractivity contribution in [2.24, 2.45) is 0 Å². The quantitative estimate of drug-likeness (QED) is 0.403. The number of nitrogens with zero attached hydrogens (tertiary/aromatic N) is 1. The Bertz CT molecular complexity index is 698. The number of carbonyl (C=O) groups excluding carboxylic acids is 1. The molecule has 0 aliphatic heterocycles. The molecule has 2 N–H and O–H groups in total. The summed E-state index contributed by atoms with van der Waals surface area (Å²) in [7, 11) is 0. The fourth-order valence-corrected chi connectivity index (χ4v) is 1.83. The van der Waals surface area contributed by atoms with Gasteiger partial charge in [0.15, 0.2) is 0 Å². The van der Waals surface area contributed by atoms with Crippen molar-refractivity contribution in [1.82, 2.24) is 0 Å². The molecule has 2 aromatic rings. The number of nitro benzene ring substituents is 1. The van der Waals surface area contributed by atoms with Crippen LogP contribution >= 0.6 is 0 Å². The van der Waals surface area contributed by atoms with Gasteiger partial charge in [0.1, 0.15) is 6.61 Å². The summed E-state index contributed by atoms with van der Waals surface area (Å²) in [5.41, 5.74) is 7.48. The molecule has 0 heterocycles. The fourth-order valence-electron chi connectivity index (χ4n) is 1.83. The van der Waals surface area contributed by atoms with Crippen molar-refractivity contribution in [2.45, 2.75) is 13.5 Å². The smallest absolute Gasteiger partial charge is 0.340 e.